The molecular weight excluding hydrogens is 1230 g/mol. The maximum atomic E-state index is 10.1. The number of aliphatic hydroxyl groups excluding tert-OH is 8. The van der Waals surface area contributed by atoms with Crippen LogP contribution in [0.1, 0.15) is 342 Å². The molecule has 100 heavy (non-hydrogen) atoms. The molecule has 0 aliphatic heterocycles. The van der Waals surface area contributed by atoms with Crippen LogP contribution in [0, 0.1) is 97.1 Å². The van der Waals surface area contributed by atoms with Crippen molar-refractivity contribution in [1.29, 1.82) is 0 Å². The van der Waals surface area contributed by atoms with Crippen LogP contribution in [0.5, 0.6) is 0 Å². The minimum Gasteiger partial charge on any atom is -0.393 e. The van der Waals surface area contributed by atoms with Gasteiger partial charge in [0.05, 0.1) is 48.8 Å². The van der Waals surface area contributed by atoms with Crippen molar-refractivity contribution in [3.8, 4) is 0 Å². The first kappa shape index (κ1) is 95.6. The fourth-order valence-corrected chi connectivity index (χ4v) is 17.7. The van der Waals surface area contributed by atoms with Crippen molar-refractivity contribution < 1.29 is 40.9 Å². The highest BCUT2D eigenvalue weighted by atomic mass is 16.3. The first-order valence-corrected chi connectivity index (χ1v) is 40.3. The van der Waals surface area contributed by atoms with Gasteiger partial charge in [0.1, 0.15) is 0 Å². The lowest BCUT2D eigenvalue weighted by atomic mass is 9.64. The number of hydrogen-bond acceptors (Lipinski definition) is 8. The molecule has 8 aliphatic carbocycles. The zero-order chi connectivity index (χ0) is 77.6. The van der Waals surface area contributed by atoms with Crippen LogP contribution >= 0.6 is 0 Å². The van der Waals surface area contributed by atoms with Crippen LogP contribution in [-0.4, -0.2) is 89.7 Å². The second-order valence-electron chi connectivity index (χ2n) is 39.4. The fraction of sp³-hybridized carbons (Fsp3) is 0.826. The molecule has 0 aromatic rings. The summed E-state index contributed by atoms with van der Waals surface area (Å²) in [5, 5.41) is 78.2. The van der Waals surface area contributed by atoms with Gasteiger partial charge >= 0.3 is 0 Å². The molecule has 0 radical (unpaired) electrons. The van der Waals surface area contributed by atoms with Crippen LogP contribution in [0.2, 0.25) is 0 Å². The summed E-state index contributed by atoms with van der Waals surface area (Å²) in [7, 11) is 0. The zero-order valence-corrected chi connectivity index (χ0v) is 70.9. The van der Waals surface area contributed by atoms with E-state index in [0.717, 1.165) is 109 Å². The third kappa shape index (κ3) is 32.8. The predicted molar refractivity (Wildman–Crippen MR) is 434 cm³/mol. The van der Waals surface area contributed by atoms with E-state index in [-0.39, 0.29) is 75.9 Å². The summed E-state index contributed by atoms with van der Waals surface area (Å²) in [6.07, 6.45) is 32.7. The second kappa shape index (κ2) is 42.2. The van der Waals surface area contributed by atoms with E-state index in [2.05, 4.69) is 244 Å². The van der Waals surface area contributed by atoms with Gasteiger partial charge in [-0.3, -0.25) is 0 Å². The lowest BCUT2D eigenvalue weighted by molar-refractivity contribution is -0.0157. The zero-order valence-electron chi connectivity index (χ0n) is 70.9. The molecule has 8 fully saturated rings. The van der Waals surface area contributed by atoms with Gasteiger partial charge in [-0.15, -0.1) is 0 Å². The summed E-state index contributed by atoms with van der Waals surface area (Å²) in [5.41, 5.74) is 12.0. The highest BCUT2D eigenvalue weighted by Gasteiger charge is 2.41. The standard InChI is InChI=1S/4C12H22O.4C11H20O/c1-9(2)7-10-8-12(3,4)6-5-11(10)13;1-9(2)7-10-5-6-12(3,4)8-11(10)13;1-9(2)8-10-11(13)6-5-7-12(10,3)4;1-9(2)8-10-6-5-7-12(3,4)11(10)13;1-8(2)11(4)6-9(3)5-10(12)7-11;1-8(2)11(4)6-5-10(12)7-9(11)3;1-8(2)11(4)6-5-9(3)10(12)7-11;1-7(2)10-5-6-11(12)9(4)8(10)3/h2*7,10-11,13H,5-6,8H2,1-4H3;2*8,10-11,13H,5-7H2,1-4H3;3*9-10,12H,1,5-7H2,2-4H3;8-12H,1,5-6H2,2-4H3. The van der Waals surface area contributed by atoms with Gasteiger partial charge in [-0.05, 0) is 291 Å². The van der Waals surface area contributed by atoms with E-state index in [1.54, 1.807) is 0 Å². The molecule has 0 bridgehead atoms. The third-order valence-corrected chi connectivity index (χ3v) is 26.0. The summed E-state index contributed by atoms with van der Waals surface area (Å²) in [4.78, 5) is 0. The molecule has 584 valence electrons. The molecule has 0 aromatic carbocycles. The lowest BCUT2D eigenvalue weighted by Gasteiger charge is -2.42. The van der Waals surface area contributed by atoms with Crippen LogP contribution in [0.3, 0.4) is 0 Å². The Kier molecular flexibility index (Phi) is 40.4. The van der Waals surface area contributed by atoms with Crippen molar-refractivity contribution in [2.45, 2.75) is 390 Å². The van der Waals surface area contributed by atoms with Gasteiger partial charge in [-0.25, -0.2) is 0 Å². The van der Waals surface area contributed by atoms with Crippen LogP contribution in [0.25, 0.3) is 0 Å². The first-order valence-electron chi connectivity index (χ1n) is 40.3. The molecule has 8 saturated carbocycles. The summed E-state index contributed by atoms with van der Waals surface area (Å²) in [6.45, 7) is 76.8. The molecule has 8 N–H and O–H groups in total. The number of aliphatic hydroxyl groups is 8. The van der Waals surface area contributed by atoms with E-state index in [9.17, 15) is 40.9 Å². The highest BCUT2D eigenvalue weighted by molar-refractivity contribution is 5.13. The quantitative estimate of drug-likeness (QED) is 0.111. The first-order chi connectivity index (χ1) is 45.6. The Morgan fingerprint density at radius 1 is 0.360 bits per heavy atom. The van der Waals surface area contributed by atoms with Crippen LogP contribution in [-0.2, 0) is 0 Å². The minimum absolute atomic E-state index is 0.0765. The molecule has 0 saturated heterocycles. The Morgan fingerprint density at radius 3 is 1.33 bits per heavy atom. The lowest BCUT2D eigenvalue weighted by Crippen LogP contribution is -2.39. The molecule has 21 unspecified atom stereocenters. The van der Waals surface area contributed by atoms with Crippen molar-refractivity contribution in [3.63, 3.8) is 0 Å². The van der Waals surface area contributed by atoms with E-state index >= 15 is 0 Å². The Hall–Kier alpha value is -2.40. The van der Waals surface area contributed by atoms with Gasteiger partial charge in [-0.2, -0.15) is 0 Å². The van der Waals surface area contributed by atoms with Crippen molar-refractivity contribution in [2.75, 3.05) is 0 Å². The number of hydrogen-bond donors (Lipinski definition) is 8. The topological polar surface area (TPSA) is 162 Å². The van der Waals surface area contributed by atoms with Crippen molar-refractivity contribution in [2.24, 2.45) is 97.1 Å². The molecule has 21 atom stereocenters. The van der Waals surface area contributed by atoms with Gasteiger partial charge in [0, 0.05) is 23.7 Å². The van der Waals surface area contributed by atoms with Crippen molar-refractivity contribution in [3.05, 3.63) is 95.2 Å². The third-order valence-electron chi connectivity index (χ3n) is 26.0. The van der Waals surface area contributed by atoms with E-state index < -0.39 is 0 Å². The monoisotopic (exact) mass is 1400 g/mol. The van der Waals surface area contributed by atoms with Gasteiger partial charge in [0.25, 0.3) is 0 Å². The van der Waals surface area contributed by atoms with Crippen LogP contribution < -0.4 is 0 Å². The molecule has 8 heteroatoms. The van der Waals surface area contributed by atoms with Crippen molar-refractivity contribution >= 4 is 0 Å². The minimum atomic E-state index is -0.156. The Morgan fingerprint density at radius 2 is 0.860 bits per heavy atom. The average molecular weight is 1400 g/mol. The van der Waals surface area contributed by atoms with Gasteiger partial charge < -0.3 is 40.9 Å². The maximum absolute atomic E-state index is 10.1. The molecule has 8 nitrogen and oxygen atoms in total. The van der Waals surface area contributed by atoms with Gasteiger partial charge in [0.2, 0.25) is 0 Å². The summed E-state index contributed by atoms with van der Waals surface area (Å²) in [5.74, 6) is 4.84. The van der Waals surface area contributed by atoms with Crippen molar-refractivity contribution in [1.82, 2.24) is 0 Å². The summed E-state index contributed by atoms with van der Waals surface area (Å²) >= 11 is 0. The molecule has 8 rings (SSSR count). The normalized spacial score (nSPS) is 37.5. The van der Waals surface area contributed by atoms with E-state index in [1.165, 1.54) is 83.1 Å². The highest BCUT2D eigenvalue weighted by Crippen LogP contribution is 2.49. The second-order valence-corrected chi connectivity index (χ2v) is 39.4. The summed E-state index contributed by atoms with van der Waals surface area (Å²) < 4.78 is 0. The van der Waals surface area contributed by atoms with E-state index in [4.69, 9.17) is 0 Å². The summed E-state index contributed by atoms with van der Waals surface area (Å²) in [6, 6.07) is 0. The number of allylic oxidation sites excluding steroid dienone is 8. The molecule has 0 amide bonds. The smallest absolute Gasteiger partial charge is 0.0653 e. The van der Waals surface area contributed by atoms with Gasteiger partial charge in [0.15, 0.2) is 0 Å². The van der Waals surface area contributed by atoms with Crippen LogP contribution in [0.4, 0.5) is 0 Å². The molecule has 0 aromatic heterocycles. The van der Waals surface area contributed by atoms with E-state index in [0.29, 0.717) is 70.0 Å². The fourth-order valence-electron chi connectivity index (χ4n) is 17.7. The predicted octanol–water partition coefficient (Wildman–Crippen LogP) is 23.4. The molecule has 0 spiro atoms. The Labute approximate surface area is 620 Å². The molecular formula is C92H168O8. The van der Waals surface area contributed by atoms with Gasteiger partial charge in [-0.1, -0.05) is 219 Å². The maximum Gasteiger partial charge on any atom is 0.0653 e. The SMILES string of the molecule is C=C(C)C1(C)CC(C)CC(O)C1.C=C(C)C1(C)CCC(C)C(O)C1.C=C(C)C1(C)CCC(O)CC1C.C=C(C)C1CCC(O)C(C)C1C.CC(C)=CC1C(O)CCCC1(C)C.CC(C)=CC1CC(C)(C)CCC1O.CC(C)=CC1CCC(C)(C)CC1O.CC(C)=CC1CCCC(C)(C)C1O. The number of rotatable bonds is 8. The Bertz CT molecular complexity index is 2550. The average Bonchev–Trinajstić information content (AvgIpc) is 0.829. The molecule has 8 aliphatic rings. The largest absolute Gasteiger partial charge is 0.393 e. The van der Waals surface area contributed by atoms with E-state index in [1.807, 2.05) is 0 Å². The Balaban J connectivity index is 0.000000572. The van der Waals surface area contributed by atoms with Crippen LogP contribution in [0.15, 0.2) is 95.2 Å². The molecule has 0 heterocycles.